The largest absolute Gasteiger partial charge is 0.256 e. The molecule has 0 fully saturated rings. The fourth-order valence-electron chi connectivity index (χ4n) is 2.23. The number of nitrogens with zero attached hydrogens (tertiary/aromatic N) is 1. The average molecular weight is 321 g/mol. The Morgan fingerprint density at radius 2 is 1.22 bits per heavy atom. The number of rotatable bonds is 2. The molecule has 0 radical (unpaired) electrons. The van der Waals surface area contributed by atoms with E-state index >= 15 is 0 Å². The molecule has 0 unspecified atom stereocenters. The molecule has 116 valence electrons. The van der Waals surface area contributed by atoms with Gasteiger partial charge in [-0.1, -0.05) is 24.3 Å². The molecule has 0 spiro atoms. The average Bonchev–Trinajstić information content (AvgIpc) is 2.59. The molecule has 0 aliphatic carbocycles. The van der Waals surface area contributed by atoms with Gasteiger partial charge in [-0.05, 0) is 23.8 Å². The van der Waals surface area contributed by atoms with Crippen molar-refractivity contribution in [2.75, 3.05) is 0 Å². The van der Waals surface area contributed by atoms with Crippen molar-refractivity contribution in [3.05, 3.63) is 77.7 Å². The lowest BCUT2D eigenvalue weighted by molar-refractivity contribution is 0.381. The van der Waals surface area contributed by atoms with Crippen LogP contribution in [0, 0.1) is 29.1 Å². The molecule has 0 atom stereocenters. The molecule has 0 N–H and O–H groups in total. The van der Waals surface area contributed by atoms with E-state index in [9.17, 15) is 22.0 Å². The molecule has 1 nitrogen and oxygen atoms in total. The Morgan fingerprint density at radius 1 is 0.609 bits per heavy atom. The minimum atomic E-state index is -2.18. The summed E-state index contributed by atoms with van der Waals surface area (Å²) in [6, 6.07) is 10.7. The van der Waals surface area contributed by atoms with Gasteiger partial charge in [-0.15, -0.1) is 0 Å². The lowest BCUT2D eigenvalue weighted by atomic mass is 10.00. The number of aromatic nitrogens is 1. The van der Waals surface area contributed by atoms with Crippen molar-refractivity contribution in [3.8, 4) is 22.4 Å². The van der Waals surface area contributed by atoms with Crippen LogP contribution in [0.2, 0.25) is 0 Å². The van der Waals surface area contributed by atoms with Crippen LogP contribution in [0.4, 0.5) is 22.0 Å². The van der Waals surface area contributed by atoms with Gasteiger partial charge in [0.15, 0.2) is 23.3 Å². The Kier molecular flexibility index (Phi) is 3.82. The molecule has 2 aromatic carbocycles. The lowest BCUT2D eigenvalue weighted by Crippen LogP contribution is -2.04. The van der Waals surface area contributed by atoms with Gasteiger partial charge in [-0.2, -0.15) is 0 Å². The maximum Gasteiger partial charge on any atom is 0.200 e. The minimum Gasteiger partial charge on any atom is -0.256 e. The number of benzene rings is 2. The third-order valence-electron chi connectivity index (χ3n) is 3.32. The normalized spacial score (nSPS) is 10.8. The SMILES string of the molecule is Fc1c(F)c(F)c(-c2cccc(-c3ccccn3)c2)c(F)c1F. The van der Waals surface area contributed by atoms with E-state index in [0.29, 0.717) is 11.3 Å². The second kappa shape index (κ2) is 5.79. The fraction of sp³-hybridized carbons (Fsp3) is 0. The van der Waals surface area contributed by atoms with Crippen molar-refractivity contribution in [1.29, 1.82) is 0 Å². The third kappa shape index (κ3) is 2.56. The highest BCUT2D eigenvalue weighted by atomic mass is 19.2. The molecular formula is C17H8F5N. The Balaban J connectivity index is 2.21. The summed E-state index contributed by atoms with van der Waals surface area (Å²) in [4.78, 5) is 4.08. The highest BCUT2D eigenvalue weighted by Crippen LogP contribution is 2.33. The third-order valence-corrected chi connectivity index (χ3v) is 3.32. The van der Waals surface area contributed by atoms with Gasteiger partial charge in [0, 0.05) is 11.8 Å². The van der Waals surface area contributed by atoms with Crippen LogP contribution in [-0.4, -0.2) is 4.98 Å². The molecule has 3 rings (SSSR count). The zero-order valence-corrected chi connectivity index (χ0v) is 11.5. The first kappa shape index (κ1) is 15.1. The molecule has 0 saturated heterocycles. The van der Waals surface area contributed by atoms with Crippen molar-refractivity contribution >= 4 is 0 Å². The molecule has 1 heterocycles. The molecule has 3 aromatic rings. The number of hydrogen-bond donors (Lipinski definition) is 0. The van der Waals surface area contributed by atoms with Crippen molar-refractivity contribution in [2.24, 2.45) is 0 Å². The molecule has 1 aromatic heterocycles. The number of hydrogen-bond acceptors (Lipinski definition) is 1. The van der Waals surface area contributed by atoms with Crippen molar-refractivity contribution in [3.63, 3.8) is 0 Å². The van der Waals surface area contributed by atoms with Gasteiger partial charge in [-0.25, -0.2) is 22.0 Å². The first-order chi connectivity index (χ1) is 11.0. The van der Waals surface area contributed by atoms with Crippen LogP contribution in [0.3, 0.4) is 0 Å². The maximum absolute atomic E-state index is 13.9. The standard InChI is InChI=1S/C17H8F5N/c18-13-12(14(19)16(21)17(22)15(13)20)10-5-3-4-9(8-10)11-6-1-2-7-23-11/h1-8H. The van der Waals surface area contributed by atoms with Gasteiger partial charge in [-0.3, -0.25) is 4.98 Å². The monoisotopic (exact) mass is 321 g/mol. The van der Waals surface area contributed by atoms with Gasteiger partial charge in [0.05, 0.1) is 11.3 Å². The maximum atomic E-state index is 13.9. The topological polar surface area (TPSA) is 12.9 Å². The Labute approximate surface area is 128 Å². The van der Waals surface area contributed by atoms with Crippen LogP contribution >= 0.6 is 0 Å². The van der Waals surface area contributed by atoms with E-state index in [4.69, 9.17) is 0 Å². The summed E-state index contributed by atoms with van der Waals surface area (Å²) in [7, 11) is 0. The van der Waals surface area contributed by atoms with Gasteiger partial charge < -0.3 is 0 Å². The molecule has 6 heteroatoms. The zero-order valence-electron chi connectivity index (χ0n) is 11.5. The summed E-state index contributed by atoms with van der Waals surface area (Å²) in [5, 5.41) is 0. The van der Waals surface area contributed by atoms with Crippen molar-refractivity contribution in [2.45, 2.75) is 0 Å². The zero-order chi connectivity index (χ0) is 16.6. The molecule has 0 saturated carbocycles. The van der Waals surface area contributed by atoms with Crippen molar-refractivity contribution in [1.82, 2.24) is 4.98 Å². The van der Waals surface area contributed by atoms with E-state index in [2.05, 4.69) is 4.98 Å². The van der Waals surface area contributed by atoms with E-state index in [-0.39, 0.29) is 5.56 Å². The Hall–Kier alpha value is -2.76. The molecule has 23 heavy (non-hydrogen) atoms. The molecule has 0 amide bonds. The van der Waals surface area contributed by atoms with E-state index in [1.54, 1.807) is 24.3 Å². The summed E-state index contributed by atoms with van der Waals surface area (Å²) in [6.45, 7) is 0. The van der Waals surface area contributed by atoms with Crippen LogP contribution in [0.15, 0.2) is 48.7 Å². The van der Waals surface area contributed by atoms with E-state index in [0.717, 1.165) is 0 Å². The summed E-state index contributed by atoms with van der Waals surface area (Å²) in [5.41, 5.74) is -0.0783. The van der Waals surface area contributed by atoms with Gasteiger partial charge in [0.2, 0.25) is 5.82 Å². The van der Waals surface area contributed by atoms with Crippen LogP contribution in [-0.2, 0) is 0 Å². The smallest absolute Gasteiger partial charge is 0.200 e. The predicted molar refractivity (Wildman–Crippen MR) is 74.9 cm³/mol. The van der Waals surface area contributed by atoms with Gasteiger partial charge in [0.25, 0.3) is 0 Å². The highest BCUT2D eigenvalue weighted by molar-refractivity contribution is 5.72. The van der Waals surface area contributed by atoms with Crippen LogP contribution in [0.5, 0.6) is 0 Å². The van der Waals surface area contributed by atoms with E-state index in [1.165, 1.54) is 24.4 Å². The van der Waals surface area contributed by atoms with Crippen LogP contribution in [0.1, 0.15) is 0 Å². The predicted octanol–water partition coefficient (Wildman–Crippen LogP) is 5.11. The summed E-state index contributed by atoms with van der Waals surface area (Å²) < 4.78 is 67.6. The van der Waals surface area contributed by atoms with Crippen molar-refractivity contribution < 1.29 is 22.0 Å². The first-order valence-corrected chi connectivity index (χ1v) is 6.54. The summed E-state index contributed by atoms with van der Waals surface area (Å²) in [5.74, 6) is -9.84. The number of pyridine rings is 1. The second-order valence-corrected chi connectivity index (χ2v) is 4.74. The number of halogens is 5. The fourth-order valence-corrected chi connectivity index (χ4v) is 2.23. The minimum absolute atomic E-state index is 0.124. The van der Waals surface area contributed by atoms with Gasteiger partial charge >= 0.3 is 0 Å². The van der Waals surface area contributed by atoms with Gasteiger partial charge in [0.1, 0.15) is 0 Å². The van der Waals surface area contributed by atoms with E-state index in [1.807, 2.05) is 0 Å². The Bertz CT molecular complexity index is 849. The highest BCUT2D eigenvalue weighted by Gasteiger charge is 2.26. The lowest BCUT2D eigenvalue weighted by Gasteiger charge is -2.10. The molecular weight excluding hydrogens is 313 g/mol. The molecule has 0 bridgehead atoms. The molecule has 0 aliphatic heterocycles. The summed E-state index contributed by atoms with van der Waals surface area (Å²) in [6.07, 6.45) is 1.53. The first-order valence-electron chi connectivity index (χ1n) is 6.54. The van der Waals surface area contributed by atoms with Crippen LogP contribution < -0.4 is 0 Å². The summed E-state index contributed by atoms with van der Waals surface area (Å²) >= 11 is 0. The van der Waals surface area contributed by atoms with Crippen LogP contribution in [0.25, 0.3) is 22.4 Å². The second-order valence-electron chi connectivity index (χ2n) is 4.74. The van der Waals surface area contributed by atoms with E-state index < -0.39 is 34.6 Å². The Morgan fingerprint density at radius 3 is 1.83 bits per heavy atom. The quantitative estimate of drug-likeness (QED) is 0.363. The molecule has 0 aliphatic rings.